The molecule has 94 valence electrons. The maximum Gasteiger partial charge on any atom is 0.154 e. The van der Waals surface area contributed by atoms with E-state index in [2.05, 4.69) is 36.1 Å². The molecule has 0 saturated heterocycles. The van der Waals surface area contributed by atoms with Crippen LogP contribution in [0.3, 0.4) is 0 Å². The molecule has 1 aromatic rings. The number of hydrogen-bond donors (Lipinski definition) is 1. The molecule has 1 aromatic heterocycles. The Morgan fingerprint density at radius 2 is 2.12 bits per heavy atom. The smallest absolute Gasteiger partial charge is 0.154 e. The van der Waals surface area contributed by atoms with E-state index < -0.39 is 0 Å². The minimum Gasteiger partial charge on any atom is -0.373 e. The summed E-state index contributed by atoms with van der Waals surface area (Å²) in [6.45, 7) is 9.52. The summed E-state index contributed by atoms with van der Waals surface area (Å²) in [5, 5.41) is 3.33. The van der Waals surface area contributed by atoms with E-state index in [0.29, 0.717) is 12.5 Å². The summed E-state index contributed by atoms with van der Waals surface area (Å²) >= 11 is 0. The highest BCUT2D eigenvalue weighted by Gasteiger charge is 2.20. The second kappa shape index (κ2) is 5.56. The quantitative estimate of drug-likeness (QED) is 0.794. The molecule has 1 aliphatic heterocycles. The number of rotatable bonds is 5. The van der Waals surface area contributed by atoms with Gasteiger partial charge < -0.3 is 10.1 Å². The number of hydrogen-bond acceptors (Lipinski definition) is 4. The molecule has 2 heterocycles. The zero-order valence-corrected chi connectivity index (χ0v) is 10.9. The Bertz CT molecular complexity index is 390. The summed E-state index contributed by atoms with van der Waals surface area (Å²) in [5.41, 5.74) is 3.62. The zero-order valence-electron chi connectivity index (χ0n) is 10.9. The molecule has 0 atom stereocenters. The molecule has 2 rings (SSSR count). The summed E-state index contributed by atoms with van der Waals surface area (Å²) in [6, 6.07) is 0. The molecular weight excluding hydrogens is 214 g/mol. The molecule has 0 fully saturated rings. The van der Waals surface area contributed by atoms with Gasteiger partial charge >= 0.3 is 0 Å². The van der Waals surface area contributed by atoms with Crippen LogP contribution in [-0.2, 0) is 24.4 Å². The van der Waals surface area contributed by atoms with Crippen LogP contribution >= 0.6 is 0 Å². The van der Waals surface area contributed by atoms with Crippen molar-refractivity contribution in [3.8, 4) is 0 Å². The van der Waals surface area contributed by atoms with Gasteiger partial charge in [-0.05, 0) is 12.3 Å². The number of nitrogens with zero attached hydrogens (tertiary/aromatic N) is 2. The van der Waals surface area contributed by atoms with Gasteiger partial charge in [0.2, 0.25) is 0 Å². The van der Waals surface area contributed by atoms with Crippen molar-refractivity contribution in [2.24, 2.45) is 0 Å². The van der Waals surface area contributed by atoms with Crippen LogP contribution in [0, 0.1) is 0 Å². The van der Waals surface area contributed by atoms with Crippen molar-refractivity contribution in [2.45, 2.75) is 52.8 Å². The fourth-order valence-electron chi connectivity index (χ4n) is 2.10. The maximum atomic E-state index is 5.52. The fourth-order valence-corrected chi connectivity index (χ4v) is 2.10. The van der Waals surface area contributed by atoms with Gasteiger partial charge in [-0.15, -0.1) is 0 Å². The Morgan fingerprint density at radius 1 is 1.29 bits per heavy atom. The highest BCUT2D eigenvalue weighted by molar-refractivity contribution is 5.31. The third-order valence-corrected chi connectivity index (χ3v) is 2.89. The average Bonchev–Trinajstić information content (AvgIpc) is 2.76. The average molecular weight is 235 g/mol. The van der Waals surface area contributed by atoms with Crippen LogP contribution in [0.4, 0.5) is 0 Å². The Labute approximate surface area is 103 Å². The van der Waals surface area contributed by atoms with Crippen molar-refractivity contribution >= 4 is 0 Å². The highest BCUT2D eigenvalue weighted by Crippen LogP contribution is 2.23. The first-order valence-electron chi connectivity index (χ1n) is 6.39. The van der Waals surface area contributed by atoms with Gasteiger partial charge in [0.05, 0.1) is 11.4 Å². The van der Waals surface area contributed by atoms with Gasteiger partial charge in [-0.2, -0.15) is 0 Å². The molecule has 0 radical (unpaired) electrons. The monoisotopic (exact) mass is 235 g/mol. The second-order valence-corrected chi connectivity index (χ2v) is 4.76. The van der Waals surface area contributed by atoms with Crippen molar-refractivity contribution in [3.63, 3.8) is 0 Å². The van der Waals surface area contributed by atoms with Crippen LogP contribution in [0.15, 0.2) is 0 Å². The van der Waals surface area contributed by atoms with E-state index in [-0.39, 0.29) is 0 Å². The minimum absolute atomic E-state index is 0.441. The van der Waals surface area contributed by atoms with Crippen LogP contribution in [0.5, 0.6) is 0 Å². The van der Waals surface area contributed by atoms with Gasteiger partial charge in [0.1, 0.15) is 6.61 Å². The number of nitrogens with one attached hydrogen (secondary N) is 1. The second-order valence-electron chi connectivity index (χ2n) is 4.76. The lowest BCUT2D eigenvalue weighted by atomic mass is 10.0. The van der Waals surface area contributed by atoms with E-state index in [1.54, 1.807) is 0 Å². The van der Waals surface area contributed by atoms with Crippen molar-refractivity contribution in [3.05, 3.63) is 22.8 Å². The third-order valence-electron chi connectivity index (χ3n) is 2.89. The van der Waals surface area contributed by atoms with E-state index in [0.717, 1.165) is 37.6 Å². The van der Waals surface area contributed by atoms with Gasteiger partial charge in [0, 0.05) is 25.3 Å². The zero-order chi connectivity index (χ0) is 12.3. The number of ether oxygens (including phenoxy) is 1. The molecule has 0 amide bonds. The Kier molecular flexibility index (Phi) is 4.07. The molecule has 0 aromatic carbocycles. The third kappa shape index (κ3) is 2.82. The molecule has 0 bridgehead atoms. The first-order valence-corrected chi connectivity index (χ1v) is 6.39. The van der Waals surface area contributed by atoms with E-state index in [1.165, 1.54) is 11.3 Å². The standard InChI is InChI=1S/C13H21N3O/c1-4-5-17-8-12-15-11-7-14-6-10(11)13(16-12)9(2)3/h9,14H,4-8H2,1-3H3. The molecular formula is C13H21N3O. The predicted molar refractivity (Wildman–Crippen MR) is 66.6 cm³/mol. The van der Waals surface area contributed by atoms with Gasteiger partial charge in [-0.25, -0.2) is 9.97 Å². The summed E-state index contributed by atoms with van der Waals surface area (Å²) in [5.74, 6) is 1.26. The van der Waals surface area contributed by atoms with Crippen molar-refractivity contribution in [1.82, 2.24) is 15.3 Å². The number of fused-ring (bicyclic) bond motifs is 1. The molecule has 1 aliphatic rings. The largest absolute Gasteiger partial charge is 0.373 e. The first-order chi connectivity index (χ1) is 8.22. The molecule has 0 aliphatic carbocycles. The molecule has 4 heteroatoms. The van der Waals surface area contributed by atoms with Crippen molar-refractivity contribution < 1.29 is 4.74 Å². The van der Waals surface area contributed by atoms with E-state index in [1.807, 2.05) is 0 Å². The van der Waals surface area contributed by atoms with Crippen molar-refractivity contribution in [2.75, 3.05) is 6.61 Å². The maximum absolute atomic E-state index is 5.52. The van der Waals surface area contributed by atoms with E-state index in [4.69, 9.17) is 4.74 Å². The summed E-state index contributed by atoms with van der Waals surface area (Å²) < 4.78 is 5.52. The SMILES string of the molecule is CCCOCc1nc2c(c(C(C)C)n1)CNC2. The lowest BCUT2D eigenvalue weighted by Gasteiger charge is -2.12. The summed E-state index contributed by atoms with van der Waals surface area (Å²) in [6.07, 6.45) is 1.03. The van der Waals surface area contributed by atoms with Crippen LogP contribution in [-0.4, -0.2) is 16.6 Å². The predicted octanol–water partition coefficient (Wildman–Crippen LogP) is 2.13. The van der Waals surface area contributed by atoms with Crippen LogP contribution in [0.2, 0.25) is 0 Å². The Hall–Kier alpha value is -1.00. The summed E-state index contributed by atoms with van der Waals surface area (Å²) in [7, 11) is 0. The highest BCUT2D eigenvalue weighted by atomic mass is 16.5. The lowest BCUT2D eigenvalue weighted by molar-refractivity contribution is 0.115. The minimum atomic E-state index is 0.441. The topological polar surface area (TPSA) is 47.0 Å². The summed E-state index contributed by atoms with van der Waals surface area (Å²) in [4.78, 5) is 9.21. The van der Waals surface area contributed by atoms with Gasteiger partial charge in [-0.3, -0.25) is 0 Å². The molecule has 4 nitrogen and oxygen atoms in total. The molecule has 0 unspecified atom stereocenters. The molecule has 1 N–H and O–H groups in total. The van der Waals surface area contributed by atoms with Crippen LogP contribution in [0.1, 0.15) is 55.9 Å². The van der Waals surface area contributed by atoms with E-state index >= 15 is 0 Å². The fraction of sp³-hybridized carbons (Fsp3) is 0.692. The first kappa shape index (κ1) is 12.5. The van der Waals surface area contributed by atoms with Gasteiger partial charge in [0.15, 0.2) is 5.82 Å². The molecule has 0 saturated carbocycles. The Morgan fingerprint density at radius 3 is 2.82 bits per heavy atom. The van der Waals surface area contributed by atoms with Crippen molar-refractivity contribution in [1.29, 1.82) is 0 Å². The molecule has 17 heavy (non-hydrogen) atoms. The van der Waals surface area contributed by atoms with Crippen LogP contribution in [0.25, 0.3) is 0 Å². The number of aromatic nitrogens is 2. The van der Waals surface area contributed by atoms with E-state index in [9.17, 15) is 0 Å². The normalized spacial score (nSPS) is 14.4. The van der Waals surface area contributed by atoms with Gasteiger partial charge in [0.25, 0.3) is 0 Å². The lowest BCUT2D eigenvalue weighted by Crippen LogP contribution is -2.09. The van der Waals surface area contributed by atoms with Crippen LogP contribution < -0.4 is 5.32 Å². The Balaban J connectivity index is 2.20. The molecule has 0 spiro atoms. The van der Waals surface area contributed by atoms with Gasteiger partial charge in [-0.1, -0.05) is 20.8 Å².